The first-order valence-electron chi connectivity index (χ1n) is 9.65. The van der Waals surface area contributed by atoms with Gasteiger partial charge in [0.25, 0.3) is 0 Å². The second-order valence-electron chi connectivity index (χ2n) is 7.51. The summed E-state index contributed by atoms with van der Waals surface area (Å²) in [4.78, 5) is 20.7. The van der Waals surface area contributed by atoms with Crippen LogP contribution in [0.15, 0.2) is 30.6 Å². The molecule has 6 nitrogen and oxygen atoms in total. The Morgan fingerprint density at radius 1 is 1.04 bits per heavy atom. The zero-order chi connectivity index (χ0) is 17.9. The van der Waals surface area contributed by atoms with E-state index in [2.05, 4.69) is 42.9 Å². The van der Waals surface area contributed by atoms with Crippen molar-refractivity contribution in [3.8, 4) is 0 Å². The van der Waals surface area contributed by atoms with Crippen LogP contribution in [0.4, 0.5) is 11.8 Å². The van der Waals surface area contributed by atoms with E-state index >= 15 is 0 Å². The summed E-state index contributed by atoms with van der Waals surface area (Å²) in [5.41, 5.74) is 2.48. The third-order valence-corrected chi connectivity index (χ3v) is 5.43. The van der Waals surface area contributed by atoms with Crippen molar-refractivity contribution in [2.24, 2.45) is 0 Å². The standard InChI is InChI=1S/C20H28N6/c1-24(2)19-14-16(7-9-21-19)18-6-5-13-26(18)15-17-8-10-22-20(23-17)25-11-3-4-12-25/h7-10,14,18H,3-6,11-13,15H2,1-2H3. The average Bonchev–Trinajstić information content (AvgIpc) is 3.34. The largest absolute Gasteiger partial charge is 0.363 e. The summed E-state index contributed by atoms with van der Waals surface area (Å²) in [5.74, 6) is 1.92. The molecule has 2 aliphatic heterocycles. The van der Waals surface area contributed by atoms with E-state index in [9.17, 15) is 0 Å². The smallest absolute Gasteiger partial charge is 0.225 e. The number of rotatable bonds is 5. The maximum absolute atomic E-state index is 4.84. The van der Waals surface area contributed by atoms with E-state index in [4.69, 9.17) is 4.98 Å². The van der Waals surface area contributed by atoms with Crippen molar-refractivity contribution in [3.63, 3.8) is 0 Å². The summed E-state index contributed by atoms with van der Waals surface area (Å²) in [7, 11) is 4.08. The van der Waals surface area contributed by atoms with E-state index in [1.165, 1.54) is 31.2 Å². The maximum atomic E-state index is 4.84. The van der Waals surface area contributed by atoms with Gasteiger partial charge < -0.3 is 9.80 Å². The summed E-state index contributed by atoms with van der Waals surface area (Å²) < 4.78 is 0. The lowest BCUT2D eigenvalue weighted by Gasteiger charge is -2.25. The Morgan fingerprint density at radius 3 is 2.65 bits per heavy atom. The number of hydrogen-bond donors (Lipinski definition) is 0. The van der Waals surface area contributed by atoms with Gasteiger partial charge in [-0.15, -0.1) is 0 Å². The molecule has 138 valence electrons. The molecule has 0 bridgehead atoms. The quantitative estimate of drug-likeness (QED) is 0.825. The van der Waals surface area contributed by atoms with Crippen molar-refractivity contribution in [2.45, 2.75) is 38.3 Å². The van der Waals surface area contributed by atoms with Crippen LogP contribution < -0.4 is 9.80 Å². The summed E-state index contributed by atoms with van der Waals surface area (Å²) >= 11 is 0. The molecule has 4 heterocycles. The lowest BCUT2D eigenvalue weighted by Crippen LogP contribution is -2.25. The number of pyridine rings is 1. The van der Waals surface area contributed by atoms with Crippen LogP contribution in [0.3, 0.4) is 0 Å². The molecule has 0 spiro atoms. The van der Waals surface area contributed by atoms with Gasteiger partial charge in [0.15, 0.2) is 0 Å². The Bertz CT molecular complexity index is 741. The van der Waals surface area contributed by atoms with Crippen LogP contribution in [-0.4, -0.2) is 53.6 Å². The first-order valence-corrected chi connectivity index (χ1v) is 9.65. The van der Waals surface area contributed by atoms with Crippen molar-refractivity contribution in [2.75, 3.05) is 43.5 Å². The van der Waals surface area contributed by atoms with Crippen molar-refractivity contribution in [3.05, 3.63) is 41.9 Å². The minimum atomic E-state index is 0.446. The zero-order valence-electron chi connectivity index (χ0n) is 15.8. The molecule has 0 radical (unpaired) electrons. The molecule has 4 rings (SSSR count). The van der Waals surface area contributed by atoms with E-state index in [0.29, 0.717) is 6.04 Å². The van der Waals surface area contributed by atoms with Gasteiger partial charge in [-0.3, -0.25) is 4.90 Å². The Labute approximate surface area is 155 Å². The fourth-order valence-electron chi connectivity index (χ4n) is 4.03. The lowest BCUT2D eigenvalue weighted by atomic mass is 10.1. The highest BCUT2D eigenvalue weighted by atomic mass is 15.3. The van der Waals surface area contributed by atoms with Gasteiger partial charge in [-0.1, -0.05) is 0 Å². The monoisotopic (exact) mass is 352 g/mol. The van der Waals surface area contributed by atoms with Crippen LogP contribution in [-0.2, 0) is 6.54 Å². The summed E-state index contributed by atoms with van der Waals surface area (Å²) in [6.45, 7) is 4.17. The van der Waals surface area contributed by atoms with Crippen LogP contribution in [0.5, 0.6) is 0 Å². The molecule has 2 aromatic heterocycles. The van der Waals surface area contributed by atoms with Gasteiger partial charge in [0, 0.05) is 52.2 Å². The highest BCUT2D eigenvalue weighted by molar-refractivity contribution is 5.40. The van der Waals surface area contributed by atoms with E-state index in [-0.39, 0.29) is 0 Å². The predicted octanol–water partition coefficient (Wildman–Crippen LogP) is 2.87. The third-order valence-electron chi connectivity index (χ3n) is 5.43. The van der Waals surface area contributed by atoms with Crippen LogP contribution in [0.2, 0.25) is 0 Å². The molecular weight excluding hydrogens is 324 g/mol. The van der Waals surface area contributed by atoms with Crippen LogP contribution in [0, 0.1) is 0 Å². The molecule has 0 amide bonds. The molecule has 0 N–H and O–H groups in total. The normalized spacial score (nSPS) is 20.7. The van der Waals surface area contributed by atoms with Crippen molar-refractivity contribution >= 4 is 11.8 Å². The van der Waals surface area contributed by atoms with Crippen LogP contribution in [0.25, 0.3) is 0 Å². The fourth-order valence-corrected chi connectivity index (χ4v) is 4.03. The van der Waals surface area contributed by atoms with Gasteiger partial charge in [0.1, 0.15) is 5.82 Å². The fraction of sp³-hybridized carbons (Fsp3) is 0.550. The van der Waals surface area contributed by atoms with E-state index in [0.717, 1.165) is 43.6 Å². The number of hydrogen-bond acceptors (Lipinski definition) is 6. The third kappa shape index (κ3) is 3.65. The number of likely N-dealkylation sites (tertiary alicyclic amines) is 1. The molecule has 2 aromatic rings. The molecule has 0 aromatic carbocycles. The van der Waals surface area contributed by atoms with Crippen molar-refractivity contribution < 1.29 is 0 Å². The Balaban J connectivity index is 1.50. The van der Waals surface area contributed by atoms with Crippen LogP contribution >= 0.6 is 0 Å². The predicted molar refractivity (Wildman–Crippen MR) is 104 cm³/mol. The van der Waals surface area contributed by atoms with Gasteiger partial charge in [0.2, 0.25) is 5.95 Å². The second kappa shape index (κ2) is 7.58. The maximum Gasteiger partial charge on any atom is 0.225 e. The zero-order valence-corrected chi connectivity index (χ0v) is 15.8. The molecule has 0 saturated carbocycles. The summed E-state index contributed by atoms with van der Waals surface area (Å²) in [6.07, 6.45) is 8.76. The first kappa shape index (κ1) is 17.2. The molecule has 26 heavy (non-hydrogen) atoms. The number of aromatic nitrogens is 3. The van der Waals surface area contributed by atoms with Gasteiger partial charge in [-0.2, -0.15) is 0 Å². The minimum absolute atomic E-state index is 0.446. The Hall–Kier alpha value is -2.21. The minimum Gasteiger partial charge on any atom is -0.363 e. The first-order chi connectivity index (χ1) is 12.7. The van der Waals surface area contributed by atoms with E-state index in [1.807, 2.05) is 26.5 Å². The van der Waals surface area contributed by atoms with Crippen LogP contribution in [0.1, 0.15) is 43.0 Å². The Kier molecular flexibility index (Phi) is 5.02. The highest BCUT2D eigenvalue weighted by Crippen LogP contribution is 2.34. The number of nitrogens with zero attached hydrogens (tertiary/aromatic N) is 6. The van der Waals surface area contributed by atoms with Gasteiger partial charge in [-0.25, -0.2) is 15.0 Å². The van der Waals surface area contributed by atoms with Gasteiger partial charge >= 0.3 is 0 Å². The summed E-state index contributed by atoms with van der Waals surface area (Å²) in [5, 5.41) is 0. The van der Waals surface area contributed by atoms with E-state index < -0.39 is 0 Å². The molecule has 6 heteroatoms. The molecule has 2 aliphatic rings. The number of anilines is 2. The molecule has 2 fully saturated rings. The molecule has 2 saturated heterocycles. The second-order valence-corrected chi connectivity index (χ2v) is 7.51. The summed E-state index contributed by atoms with van der Waals surface area (Å²) in [6, 6.07) is 6.89. The Morgan fingerprint density at radius 2 is 1.85 bits per heavy atom. The van der Waals surface area contributed by atoms with Crippen molar-refractivity contribution in [1.82, 2.24) is 19.9 Å². The molecular formula is C20H28N6. The lowest BCUT2D eigenvalue weighted by molar-refractivity contribution is 0.245. The van der Waals surface area contributed by atoms with Crippen molar-refractivity contribution in [1.29, 1.82) is 0 Å². The van der Waals surface area contributed by atoms with Gasteiger partial charge in [0.05, 0.1) is 5.69 Å². The SMILES string of the molecule is CN(C)c1cc(C2CCCN2Cc2ccnc(N3CCCC3)n2)ccn1. The molecule has 1 atom stereocenters. The molecule has 1 unspecified atom stereocenters. The average molecular weight is 352 g/mol. The molecule has 0 aliphatic carbocycles. The van der Waals surface area contributed by atoms with Gasteiger partial charge in [-0.05, 0) is 56.0 Å². The topological polar surface area (TPSA) is 48.4 Å². The highest BCUT2D eigenvalue weighted by Gasteiger charge is 2.27. The van der Waals surface area contributed by atoms with E-state index in [1.54, 1.807) is 0 Å².